The molecule has 0 radical (unpaired) electrons. The number of hydrogen-bond acceptors (Lipinski definition) is 4. The minimum absolute atomic E-state index is 0.0277. The Morgan fingerprint density at radius 2 is 2.19 bits per heavy atom. The lowest BCUT2D eigenvalue weighted by Gasteiger charge is -2.37. The van der Waals surface area contributed by atoms with Crippen LogP contribution < -0.4 is 0 Å². The number of aliphatic hydroxyl groups excluding tert-OH is 1. The first kappa shape index (κ1) is 20.9. The van der Waals surface area contributed by atoms with Crippen molar-refractivity contribution in [1.29, 1.82) is 0 Å². The fraction of sp³-hybridized carbons (Fsp3) is 0.632. The molecule has 1 aliphatic rings. The van der Waals surface area contributed by atoms with Gasteiger partial charge >= 0.3 is 6.09 Å². The topological polar surface area (TPSA) is 59.0 Å². The van der Waals surface area contributed by atoms with Crippen molar-refractivity contribution in [3.8, 4) is 0 Å². The van der Waals surface area contributed by atoms with E-state index in [0.717, 1.165) is 12.8 Å². The molecule has 0 bridgehead atoms. The van der Waals surface area contributed by atoms with Crippen LogP contribution in [-0.4, -0.2) is 48.0 Å². The fourth-order valence-electron chi connectivity index (χ4n) is 3.15. The van der Waals surface area contributed by atoms with Crippen LogP contribution >= 0.6 is 11.6 Å². The number of aliphatic hydroxyl groups is 1. The zero-order chi connectivity index (χ0) is 19.3. The van der Waals surface area contributed by atoms with Crippen LogP contribution in [-0.2, 0) is 9.47 Å². The Morgan fingerprint density at radius 3 is 2.85 bits per heavy atom. The summed E-state index contributed by atoms with van der Waals surface area (Å²) in [6.07, 6.45) is 0.577. The molecule has 1 aromatic rings. The van der Waals surface area contributed by atoms with Crippen molar-refractivity contribution >= 4 is 17.7 Å². The lowest BCUT2D eigenvalue weighted by molar-refractivity contribution is -0.0361. The number of piperidine rings is 1. The molecule has 0 saturated carbocycles. The Balaban J connectivity index is 2.19. The van der Waals surface area contributed by atoms with Gasteiger partial charge in [-0.1, -0.05) is 23.7 Å². The van der Waals surface area contributed by atoms with E-state index in [1.54, 1.807) is 17.0 Å². The molecule has 1 N–H and O–H groups in total. The molecule has 1 aliphatic heterocycles. The lowest BCUT2D eigenvalue weighted by Crippen LogP contribution is -2.44. The van der Waals surface area contributed by atoms with Crippen LogP contribution in [0.3, 0.4) is 0 Å². The summed E-state index contributed by atoms with van der Waals surface area (Å²) in [4.78, 5) is 14.0. The summed E-state index contributed by atoms with van der Waals surface area (Å²) in [6.45, 7) is 6.37. The first-order valence-electron chi connectivity index (χ1n) is 8.87. The number of hydrogen-bond donors (Lipinski definition) is 1. The van der Waals surface area contributed by atoms with Crippen LogP contribution in [0.2, 0.25) is 5.02 Å². The third-order valence-corrected chi connectivity index (χ3v) is 4.51. The Morgan fingerprint density at radius 1 is 1.46 bits per heavy atom. The summed E-state index contributed by atoms with van der Waals surface area (Å²) in [5.74, 6) is -0.637. The Bertz CT molecular complexity index is 620. The van der Waals surface area contributed by atoms with Crippen LogP contribution in [0.1, 0.15) is 45.3 Å². The first-order chi connectivity index (χ1) is 12.2. The van der Waals surface area contributed by atoms with Gasteiger partial charge in [0.05, 0.1) is 24.3 Å². The van der Waals surface area contributed by atoms with Gasteiger partial charge in [-0.15, -0.1) is 0 Å². The highest BCUT2D eigenvalue weighted by molar-refractivity contribution is 6.30. The molecule has 1 fully saturated rings. The molecule has 5 nitrogen and oxygen atoms in total. The highest BCUT2D eigenvalue weighted by atomic mass is 35.5. The van der Waals surface area contributed by atoms with Gasteiger partial charge < -0.3 is 19.5 Å². The minimum atomic E-state index is -0.592. The van der Waals surface area contributed by atoms with Crippen molar-refractivity contribution in [3.05, 3.63) is 34.6 Å². The van der Waals surface area contributed by atoms with Crippen molar-refractivity contribution in [2.24, 2.45) is 5.92 Å². The molecule has 26 heavy (non-hydrogen) atoms. The largest absolute Gasteiger partial charge is 0.444 e. The number of halogens is 2. The van der Waals surface area contributed by atoms with Crippen LogP contribution in [0.5, 0.6) is 0 Å². The summed E-state index contributed by atoms with van der Waals surface area (Å²) < 4.78 is 25.7. The summed E-state index contributed by atoms with van der Waals surface area (Å²) in [5.41, 5.74) is -0.224. The molecule has 0 spiro atoms. The predicted octanol–water partition coefficient (Wildman–Crippen LogP) is 4.18. The van der Waals surface area contributed by atoms with Crippen molar-refractivity contribution in [3.63, 3.8) is 0 Å². The van der Waals surface area contributed by atoms with E-state index < -0.39 is 17.5 Å². The Kier molecular flexibility index (Phi) is 7.26. The molecule has 146 valence electrons. The van der Waals surface area contributed by atoms with E-state index in [9.17, 15) is 9.18 Å². The van der Waals surface area contributed by atoms with Crippen molar-refractivity contribution in [2.75, 3.05) is 26.3 Å². The third kappa shape index (κ3) is 5.56. The molecule has 0 aliphatic carbocycles. The van der Waals surface area contributed by atoms with Crippen molar-refractivity contribution in [1.82, 2.24) is 4.90 Å². The van der Waals surface area contributed by atoms with Gasteiger partial charge in [0.15, 0.2) is 0 Å². The standard InChI is InChI=1S/C19H27ClFNO4/c1-19(2,3)26-18(24)22-9-5-6-13(12-22)17(25-11-10-23)14-7-4-8-15(20)16(14)21/h4,7-8,13,17,23H,5-6,9-12H2,1-3H3. The molecule has 1 saturated heterocycles. The van der Waals surface area contributed by atoms with E-state index in [1.807, 2.05) is 20.8 Å². The number of rotatable bonds is 5. The highest BCUT2D eigenvalue weighted by Crippen LogP contribution is 2.36. The normalized spacial score (nSPS) is 19.3. The summed E-state index contributed by atoms with van der Waals surface area (Å²) in [6, 6.07) is 4.79. The fourth-order valence-corrected chi connectivity index (χ4v) is 3.33. The molecular formula is C19H27ClFNO4. The molecule has 1 aromatic carbocycles. The summed E-state index contributed by atoms with van der Waals surface area (Å²) in [5, 5.41) is 9.15. The molecule has 1 amide bonds. The number of ether oxygens (including phenoxy) is 2. The van der Waals surface area contributed by atoms with Gasteiger partial charge in [-0.25, -0.2) is 9.18 Å². The SMILES string of the molecule is CC(C)(C)OC(=O)N1CCCC(C(OCCO)c2cccc(Cl)c2F)C1. The number of benzene rings is 1. The number of carbonyl (C=O) groups is 1. The number of amides is 1. The van der Waals surface area contributed by atoms with E-state index in [1.165, 1.54) is 6.07 Å². The molecule has 2 atom stereocenters. The number of carbonyl (C=O) groups excluding carboxylic acids is 1. The number of likely N-dealkylation sites (tertiary alicyclic amines) is 1. The number of nitrogens with zero attached hydrogens (tertiary/aromatic N) is 1. The van der Waals surface area contributed by atoms with E-state index in [-0.39, 0.29) is 30.2 Å². The lowest BCUT2D eigenvalue weighted by atomic mass is 9.88. The van der Waals surface area contributed by atoms with Crippen LogP contribution in [0.15, 0.2) is 18.2 Å². The smallest absolute Gasteiger partial charge is 0.410 e. The summed E-state index contributed by atoms with van der Waals surface area (Å²) in [7, 11) is 0. The highest BCUT2D eigenvalue weighted by Gasteiger charge is 2.34. The van der Waals surface area contributed by atoms with Crippen molar-refractivity contribution < 1.29 is 23.8 Å². The van der Waals surface area contributed by atoms with E-state index in [2.05, 4.69) is 0 Å². The Labute approximate surface area is 159 Å². The predicted molar refractivity (Wildman–Crippen MR) is 97.7 cm³/mol. The monoisotopic (exact) mass is 387 g/mol. The second kappa shape index (κ2) is 9.02. The van der Waals surface area contributed by atoms with Gasteiger partial charge in [-0.3, -0.25) is 0 Å². The zero-order valence-electron chi connectivity index (χ0n) is 15.5. The minimum Gasteiger partial charge on any atom is -0.444 e. The summed E-state index contributed by atoms with van der Waals surface area (Å²) >= 11 is 5.92. The maximum Gasteiger partial charge on any atom is 0.410 e. The van der Waals surface area contributed by atoms with E-state index >= 15 is 0 Å². The molecule has 7 heteroatoms. The van der Waals surface area contributed by atoms with E-state index in [4.69, 9.17) is 26.2 Å². The average molecular weight is 388 g/mol. The van der Waals surface area contributed by atoms with Crippen LogP contribution in [0.4, 0.5) is 9.18 Å². The quantitative estimate of drug-likeness (QED) is 0.823. The van der Waals surface area contributed by atoms with Gasteiger partial charge in [0.2, 0.25) is 0 Å². The molecule has 1 heterocycles. The van der Waals surface area contributed by atoms with Gasteiger partial charge in [0.1, 0.15) is 11.4 Å². The first-order valence-corrected chi connectivity index (χ1v) is 9.25. The molecule has 2 unspecified atom stereocenters. The van der Waals surface area contributed by atoms with E-state index in [0.29, 0.717) is 18.7 Å². The Hall–Kier alpha value is -1.37. The molecular weight excluding hydrogens is 361 g/mol. The van der Waals surface area contributed by atoms with Crippen LogP contribution in [0, 0.1) is 11.7 Å². The van der Waals surface area contributed by atoms with Gasteiger partial charge in [0, 0.05) is 24.6 Å². The third-order valence-electron chi connectivity index (χ3n) is 4.21. The average Bonchev–Trinajstić information content (AvgIpc) is 2.57. The van der Waals surface area contributed by atoms with Crippen molar-refractivity contribution in [2.45, 2.75) is 45.3 Å². The maximum absolute atomic E-state index is 14.5. The molecule has 0 aromatic heterocycles. The van der Waals surface area contributed by atoms with Gasteiger partial charge in [-0.05, 0) is 39.7 Å². The van der Waals surface area contributed by atoms with Crippen LogP contribution in [0.25, 0.3) is 0 Å². The maximum atomic E-state index is 14.5. The zero-order valence-corrected chi connectivity index (χ0v) is 16.3. The second-order valence-electron chi connectivity index (χ2n) is 7.49. The molecule has 2 rings (SSSR count). The van der Waals surface area contributed by atoms with Gasteiger partial charge in [0.25, 0.3) is 0 Å². The van der Waals surface area contributed by atoms with Gasteiger partial charge in [-0.2, -0.15) is 0 Å². The second-order valence-corrected chi connectivity index (χ2v) is 7.89.